The van der Waals surface area contributed by atoms with E-state index in [1.54, 1.807) is 12.5 Å². The van der Waals surface area contributed by atoms with E-state index < -0.39 is 23.2 Å². The van der Waals surface area contributed by atoms with Gasteiger partial charge < -0.3 is 15.0 Å². The number of imidazole rings is 1. The van der Waals surface area contributed by atoms with E-state index in [9.17, 15) is 13.6 Å². The highest BCUT2D eigenvalue weighted by Gasteiger charge is 2.17. The van der Waals surface area contributed by atoms with Crippen LogP contribution in [0, 0.1) is 11.6 Å². The van der Waals surface area contributed by atoms with Gasteiger partial charge in [0.1, 0.15) is 0 Å². The minimum atomic E-state index is -1.49. The number of benzene rings is 1. The van der Waals surface area contributed by atoms with Crippen LogP contribution in [0.1, 0.15) is 16.8 Å². The quantitative estimate of drug-likeness (QED) is 0.798. The summed E-state index contributed by atoms with van der Waals surface area (Å²) < 4.78 is 28.9. The minimum absolute atomic E-state index is 0.0434. The van der Waals surface area contributed by atoms with Crippen LogP contribution < -0.4 is 5.32 Å². The van der Waals surface area contributed by atoms with Gasteiger partial charge in [-0.25, -0.2) is 18.6 Å². The predicted molar refractivity (Wildman–Crippen MR) is 68.7 cm³/mol. The Morgan fingerprint density at radius 2 is 2.15 bits per heavy atom. The summed E-state index contributed by atoms with van der Waals surface area (Å²) in [7, 11) is 0. The summed E-state index contributed by atoms with van der Waals surface area (Å²) in [6.07, 6.45) is 5.83. The number of carbonyl (C=O) groups is 1. The molecule has 0 aliphatic heterocycles. The minimum Gasteiger partial charge on any atom is -0.478 e. The Morgan fingerprint density at radius 3 is 2.80 bits per heavy atom. The number of halogens is 2. The Hall–Kier alpha value is -2.44. The molecule has 20 heavy (non-hydrogen) atoms. The first-order chi connectivity index (χ1) is 9.59. The molecule has 2 aromatic rings. The number of nitrogens with zero attached hydrogens (tertiary/aromatic N) is 2. The maximum atomic E-state index is 13.6. The summed E-state index contributed by atoms with van der Waals surface area (Å²) >= 11 is 0. The number of hydrogen-bond acceptors (Lipinski definition) is 3. The molecule has 0 aliphatic rings. The molecular formula is C13H13F2N3O2. The van der Waals surface area contributed by atoms with Crippen molar-refractivity contribution in [1.82, 2.24) is 9.55 Å². The highest BCUT2D eigenvalue weighted by Crippen LogP contribution is 2.20. The third-order valence-electron chi connectivity index (χ3n) is 2.78. The topological polar surface area (TPSA) is 67.2 Å². The van der Waals surface area contributed by atoms with Crippen molar-refractivity contribution in [3.8, 4) is 0 Å². The van der Waals surface area contributed by atoms with Gasteiger partial charge in [-0.15, -0.1) is 0 Å². The molecule has 1 aromatic heterocycles. The molecule has 0 aliphatic carbocycles. The van der Waals surface area contributed by atoms with Crippen LogP contribution in [0.5, 0.6) is 0 Å². The first kappa shape index (κ1) is 14.0. The van der Waals surface area contributed by atoms with Crippen LogP contribution in [0.2, 0.25) is 0 Å². The monoisotopic (exact) mass is 281 g/mol. The first-order valence-electron chi connectivity index (χ1n) is 6.00. The van der Waals surface area contributed by atoms with Crippen molar-refractivity contribution in [2.45, 2.75) is 13.0 Å². The average molecular weight is 281 g/mol. The molecule has 1 heterocycles. The van der Waals surface area contributed by atoms with Crippen LogP contribution in [0.15, 0.2) is 30.9 Å². The third-order valence-corrected chi connectivity index (χ3v) is 2.78. The molecule has 0 saturated carbocycles. The van der Waals surface area contributed by atoms with E-state index in [1.807, 2.05) is 10.8 Å². The fourth-order valence-electron chi connectivity index (χ4n) is 1.75. The number of rotatable bonds is 6. The molecule has 106 valence electrons. The second-order valence-corrected chi connectivity index (χ2v) is 4.17. The maximum Gasteiger partial charge on any atom is 0.338 e. The Balaban J connectivity index is 1.93. The lowest BCUT2D eigenvalue weighted by atomic mass is 10.2. The smallest absolute Gasteiger partial charge is 0.338 e. The number of hydrogen-bond donors (Lipinski definition) is 2. The highest BCUT2D eigenvalue weighted by atomic mass is 19.2. The maximum absolute atomic E-state index is 13.6. The normalized spacial score (nSPS) is 10.5. The van der Waals surface area contributed by atoms with Gasteiger partial charge in [-0.2, -0.15) is 0 Å². The third kappa shape index (κ3) is 3.11. The number of aromatic carboxylic acids is 1. The molecule has 2 rings (SSSR count). The van der Waals surface area contributed by atoms with Crippen molar-refractivity contribution in [2.75, 3.05) is 11.9 Å². The number of aryl methyl sites for hydroxylation is 1. The van der Waals surface area contributed by atoms with E-state index >= 15 is 0 Å². The molecule has 2 N–H and O–H groups in total. The van der Waals surface area contributed by atoms with E-state index in [0.717, 1.165) is 6.07 Å². The van der Waals surface area contributed by atoms with Gasteiger partial charge in [0, 0.05) is 25.5 Å². The second kappa shape index (κ2) is 6.14. The summed E-state index contributed by atoms with van der Waals surface area (Å²) in [5, 5.41) is 11.4. The molecule has 0 saturated heterocycles. The van der Waals surface area contributed by atoms with Crippen molar-refractivity contribution >= 4 is 11.7 Å². The van der Waals surface area contributed by atoms with Gasteiger partial charge in [0.2, 0.25) is 0 Å². The highest BCUT2D eigenvalue weighted by molar-refractivity contribution is 5.88. The zero-order valence-electron chi connectivity index (χ0n) is 10.5. The molecular weight excluding hydrogens is 268 g/mol. The molecule has 0 atom stereocenters. The molecule has 0 radical (unpaired) electrons. The lowest BCUT2D eigenvalue weighted by Crippen LogP contribution is -2.10. The van der Waals surface area contributed by atoms with E-state index in [-0.39, 0.29) is 5.69 Å². The zero-order chi connectivity index (χ0) is 14.5. The van der Waals surface area contributed by atoms with Gasteiger partial charge in [0.15, 0.2) is 11.6 Å². The van der Waals surface area contributed by atoms with E-state index in [0.29, 0.717) is 19.5 Å². The lowest BCUT2D eigenvalue weighted by molar-refractivity contribution is 0.0690. The molecule has 7 heteroatoms. The fraction of sp³-hybridized carbons (Fsp3) is 0.231. The van der Waals surface area contributed by atoms with Gasteiger partial charge in [0.25, 0.3) is 0 Å². The van der Waals surface area contributed by atoms with Crippen LogP contribution in [0.3, 0.4) is 0 Å². The molecule has 0 unspecified atom stereocenters. The number of carboxylic acids is 1. The van der Waals surface area contributed by atoms with Crippen molar-refractivity contribution in [2.24, 2.45) is 0 Å². The van der Waals surface area contributed by atoms with E-state index in [2.05, 4.69) is 10.3 Å². The van der Waals surface area contributed by atoms with Crippen molar-refractivity contribution < 1.29 is 18.7 Å². The molecule has 0 bridgehead atoms. The van der Waals surface area contributed by atoms with Crippen molar-refractivity contribution in [3.05, 3.63) is 48.1 Å². The van der Waals surface area contributed by atoms with Crippen LogP contribution >= 0.6 is 0 Å². The van der Waals surface area contributed by atoms with Crippen molar-refractivity contribution in [1.29, 1.82) is 0 Å². The van der Waals surface area contributed by atoms with E-state index in [1.165, 1.54) is 6.07 Å². The summed E-state index contributed by atoms with van der Waals surface area (Å²) in [5.74, 6) is -4.02. The standard InChI is InChI=1S/C13H13F2N3O2/c14-11-9(13(19)20)2-3-10(12(11)15)17-4-1-6-18-7-5-16-8-18/h2-3,5,7-8,17H,1,4,6H2,(H,19,20). The zero-order valence-corrected chi connectivity index (χ0v) is 10.5. The van der Waals surface area contributed by atoms with Gasteiger partial charge in [0.05, 0.1) is 17.6 Å². The molecule has 5 nitrogen and oxygen atoms in total. The molecule has 0 amide bonds. The predicted octanol–water partition coefficient (Wildman–Crippen LogP) is 2.36. The fourth-order valence-corrected chi connectivity index (χ4v) is 1.75. The average Bonchev–Trinajstić information content (AvgIpc) is 2.92. The van der Waals surface area contributed by atoms with Crippen LogP contribution in [0.25, 0.3) is 0 Å². The molecule has 1 aromatic carbocycles. The number of carboxylic acid groups (broad SMARTS) is 1. The Labute approximate surface area is 113 Å². The number of nitrogens with one attached hydrogen (secondary N) is 1. The first-order valence-corrected chi connectivity index (χ1v) is 6.00. The summed E-state index contributed by atoms with van der Waals surface area (Å²) in [6.45, 7) is 1.13. The SMILES string of the molecule is O=C(O)c1ccc(NCCCn2ccnc2)c(F)c1F. The number of anilines is 1. The van der Waals surface area contributed by atoms with Gasteiger partial charge in [-0.3, -0.25) is 0 Å². The Morgan fingerprint density at radius 1 is 1.35 bits per heavy atom. The van der Waals surface area contributed by atoms with Gasteiger partial charge in [-0.05, 0) is 18.6 Å². The Bertz CT molecular complexity index is 600. The molecule has 0 spiro atoms. The summed E-state index contributed by atoms with van der Waals surface area (Å²) in [4.78, 5) is 14.5. The van der Waals surface area contributed by atoms with Crippen molar-refractivity contribution in [3.63, 3.8) is 0 Å². The van der Waals surface area contributed by atoms with E-state index in [4.69, 9.17) is 5.11 Å². The Kier molecular flexibility index (Phi) is 4.29. The lowest BCUT2D eigenvalue weighted by Gasteiger charge is -2.09. The van der Waals surface area contributed by atoms with Crippen LogP contribution in [0.4, 0.5) is 14.5 Å². The number of aromatic nitrogens is 2. The summed E-state index contributed by atoms with van der Waals surface area (Å²) in [5.41, 5.74) is -0.718. The van der Waals surface area contributed by atoms with Crippen LogP contribution in [-0.4, -0.2) is 27.2 Å². The molecule has 0 fully saturated rings. The van der Waals surface area contributed by atoms with Crippen LogP contribution in [-0.2, 0) is 6.54 Å². The summed E-state index contributed by atoms with van der Waals surface area (Å²) in [6, 6.07) is 2.26. The van der Waals surface area contributed by atoms with Gasteiger partial charge >= 0.3 is 5.97 Å². The second-order valence-electron chi connectivity index (χ2n) is 4.17. The van der Waals surface area contributed by atoms with Gasteiger partial charge in [-0.1, -0.05) is 0 Å². The largest absolute Gasteiger partial charge is 0.478 e.